The molecule has 1 amide bonds. The summed E-state index contributed by atoms with van der Waals surface area (Å²) in [5, 5.41) is 3.15. The fourth-order valence-corrected chi connectivity index (χ4v) is 1.44. The highest BCUT2D eigenvalue weighted by molar-refractivity contribution is 5.78. The lowest BCUT2D eigenvalue weighted by Crippen LogP contribution is -2.39. The van der Waals surface area contributed by atoms with E-state index < -0.39 is 0 Å². The predicted molar refractivity (Wildman–Crippen MR) is 68.9 cm³/mol. The van der Waals surface area contributed by atoms with Gasteiger partial charge in [0.2, 0.25) is 5.91 Å². The molecule has 0 bridgehead atoms. The molecule has 4 heteroatoms. The summed E-state index contributed by atoms with van der Waals surface area (Å²) in [7, 11) is 1.84. The lowest BCUT2D eigenvalue weighted by molar-refractivity contribution is -0.130. The first-order valence-corrected chi connectivity index (χ1v) is 6.65. The molecule has 0 spiro atoms. The summed E-state index contributed by atoms with van der Waals surface area (Å²) in [5.74, 6) is 0.989. The Bertz CT molecular complexity index is 227. The predicted octanol–water partition coefficient (Wildman–Crippen LogP) is 1.26. The SMILES string of the molecule is CC(C)N(C)C(=O)CNCCCOCC1CC1. The Morgan fingerprint density at radius 1 is 1.47 bits per heavy atom. The van der Waals surface area contributed by atoms with Gasteiger partial charge in [0.15, 0.2) is 0 Å². The summed E-state index contributed by atoms with van der Waals surface area (Å²) in [5.41, 5.74) is 0. The molecule has 1 N–H and O–H groups in total. The van der Waals surface area contributed by atoms with Gasteiger partial charge in [0, 0.05) is 26.3 Å². The maximum atomic E-state index is 11.6. The maximum Gasteiger partial charge on any atom is 0.236 e. The van der Waals surface area contributed by atoms with Gasteiger partial charge in [-0.3, -0.25) is 4.79 Å². The van der Waals surface area contributed by atoms with Crippen molar-refractivity contribution in [3.05, 3.63) is 0 Å². The first kappa shape index (κ1) is 14.5. The quantitative estimate of drug-likeness (QED) is 0.619. The largest absolute Gasteiger partial charge is 0.381 e. The number of amides is 1. The van der Waals surface area contributed by atoms with Crippen LogP contribution in [0.5, 0.6) is 0 Å². The molecule has 1 rings (SSSR count). The van der Waals surface area contributed by atoms with Crippen molar-refractivity contribution in [3.63, 3.8) is 0 Å². The number of carbonyl (C=O) groups is 1. The minimum absolute atomic E-state index is 0.152. The molecular formula is C13H26N2O2. The Hall–Kier alpha value is -0.610. The van der Waals surface area contributed by atoms with Crippen LogP contribution < -0.4 is 5.32 Å². The highest BCUT2D eigenvalue weighted by Gasteiger charge is 2.20. The zero-order valence-electron chi connectivity index (χ0n) is 11.4. The standard InChI is InChI=1S/C13H26N2O2/c1-11(2)15(3)13(16)9-14-7-4-8-17-10-12-5-6-12/h11-12,14H,4-10H2,1-3H3. The summed E-state index contributed by atoms with van der Waals surface area (Å²) >= 11 is 0. The molecule has 0 aromatic carbocycles. The number of ether oxygens (including phenoxy) is 1. The first-order valence-electron chi connectivity index (χ1n) is 6.65. The number of likely N-dealkylation sites (N-methyl/N-ethyl adjacent to an activating group) is 1. The third-order valence-electron chi connectivity index (χ3n) is 3.14. The van der Waals surface area contributed by atoms with E-state index in [1.54, 1.807) is 4.90 Å². The molecule has 0 aromatic rings. The third-order valence-corrected chi connectivity index (χ3v) is 3.14. The van der Waals surface area contributed by atoms with E-state index in [2.05, 4.69) is 5.32 Å². The molecule has 0 aromatic heterocycles. The van der Waals surface area contributed by atoms with Crippen molar-refractivity contribution >= 4 is 5.91 Å². The summed E-state index contributed by atoms with van der Waals surface area (Å²) in [6.07, 6.45) is 3.66. The van der Waals surface area contributed by atoms with Gasteiger partial charge in [-0.15, -0.1) is 0 Å². The fraction of sp³-hybridized carbons (Fsp3) is 0.923. The Morgan fingerprint density at radius 3 is 2.76 bits per heavy atom. The van der Waals surface area contributed by atoms with Crippen molar-refractivity contribution in [1.82, 2.24) is 10.2 Å². The van der Waals surface area contributed by atoms with Crippen LogP contribution in [0.3, 0.4) is 0 Å². The molecule has 4 nitrogen and oxygen atoms in total. The van der Waals surface area contributed by atoms with Crippen LogP contribution in [0.2, 0.25) is 0 Å². The molecule has 0 aliphatic heterocycles. The zero-order valence-corrected chi connectivity index (χ0v) is 11.4. The zero-order chi connectivity index (χ0) is 12.7. The highest BCUT2D eigenvalue weighted by atomic mass is 16.5. The minimum Gasteiger partial charge on any atom is -0.381 e. The van der Waals surface area contributed by atoms with Crippen LogP contribution in [0, 0.1) is 5.92 Å². The molecular weight excluding hydrogens is 216 g/mol. The summed E-state index contributed by atoms with van der Waals surface area (Å²) < 4.78 is 5.51. The molecule has 0 heterocycles. The van der Waals surface area contributed by atoms with E-state index in [4.69, 9.17) is 4.74 Å². The average molecular weight is 242 g/mol. The molecule has 1 fully saturated rings. The monoisotopic (exact) mass is 242 g/mol. The van der Waals surface area contributed by atoms with E-state index >= 15 is 0 Å². The van der Waals surface area contributed by atoms with Crippen LogP contribution in [-0.2, 0) is 9.53 Å². The van der Waals surface area contributed by atoms with Crippen molar-refractivity contribution in [1.29, 1.82) is 0 Å². The number of nitrogens with one attached hydrogen (secondary N) is 1. The lowest BCUT2D eigenvalue weighted by atomic mass is 10.3. The normalized spacial score (nSPS) is 15.3. The lowest BCUT2D eigenvalue weighted by Gasteiger charge is -2.21. The molecule has 1 aliphatic rings. The number of carbonyl (C=O) groups excluding carboxylic acids is 1. The van der Waals surface area contributed by atoms with E-state index in [0.717, 1.165) is 32.1 Å². The second-order valence-corrected chi connectivity index (χ2v) is 5.15. The van der Waals surface area contributed by atoms with Crippen molar-refractivity contribution in [2.75, 3.05) is 33.4 Å². The first-order chi connectivity index (χ1) is 8.11. The van der Waals surface area contributed by atoms with E-state index in [-0.39, 0.29) is 11.9 Å². The Morgan fingerprint density at radius 2 is 2.18 bits per heavy atom. The second-order valence-electron chi connectivity index (χ2n) is 5.15. The van der Waals surface area contributed by atoms with Crippen LogP contribution in [-0.4, -0.2) is 50.2 Å². The molecule has 100 valence electrons. The molecule has 0 radical (unpaired) electrons. The van der Waals surface area contributed by atoms with Gasteiger partial charge < -0.3 is 15.0 Å². The van der Waals surface area contributed by atoms with E-state index in [1.807, 2.05) is 20.9 Å². The molecule has 17 heavy (non-hydrogen) atoms. The van der Waals surface area contributed by atoms with Crippen LogP contribution >= 0.6 is 0 Å². The van der Waals surface area contributed by atoms with Gasteiger partial charge in [0.25, 0.3) is 0 Å². The second kappa shape index (κ2) is 7.67. The van der Waals surface area contributed by atoms with E-state index in [0.29, 0.717) is 6.54 Å². The molecule has 0 saturated heterocycles. The van der Waals surface area contributed by atoms with Gasteiger partial charge in [-0.2, -0.15) is 0 Å². The van der Waals surface area contributed by atoms with Crippen molar-refractivity contribution in [2.24, 2.45) is 5.92 Å². The molecule has 0 unspecified atom stereocenters. The number of rotatable bonds is 9. The topological polar surface area (TPSA) is 41.6 Å². The van der Waals surface area contributed by atoms with E-state index in [9.17, 15) is 4.79 Å². The summed E-state index contributed by atoms with van der Waals surface area (Å²) in [6, 6.07) is 0.270. The van der Waals surface area contributed by atoms with Gasteiger partial charge in [0.05, 0.1) is 6.54 Å². The van der Waals surface area contributed by atoms with Crippen LogP contribution in [0.15, 0.2) is 0 Å². The Balaban J connectivity index is 1.87. The number of hydrogen-bond donors (Lipinski definition) is 1. The van der Waals surface area contributed by atoms with Gasteiger partial charge in [-0.05, 0) is 45.6 Å². The number of nitrogens with zero attached hydrogens (tertiary/aromatic N) is 1. The summed E-state index contributed by atoms with van der Waals surface area (Å²) in [6.45, 7) is 7.04. The van der Waals surface area contributed by atoms with Gasteiger partial charge >= 0.3 is 0 Å². The Kier molecular flexibility index (Phi) is 6.52. The molecule has 0 atom stereocenters. The van der Waals surface area contributed by atoms with E-state index in [1.165, 1.54) is 12.8 Å². The maximum absolute atomic E-state index is 11.6. The summed E-state index contributed by atoms with van der Waals surface area (Å²) in [4.78, 5) is 13.4. The molecule has 1 saturated carbocycles. The number of hydrogen-bond acceptors (Lipinski definition) is 3. The smallest absolute Gasteiger partial charge is 0.236 e. The Labute approximate surface area is 105 Å². The third kappa shape index (κ3) is 6.64. The van der Waals surface area contributed by atoms with Crippen LogP contribution in [0.25, 0.3) is 0 Å². The van der Waals surface area contributed by atoms with Crippen LogP contribution in [0.1, 0.15) is 33.1 Å². The van der Waals surface area contributed by atoms with Gasteiger partial charge in [0.1, 0.15) is 0 Å². The van der Waals surface area contributed by atoms with Crippen LogP contribution in [0.4, 0.5) is 0 Å². The van der Waals surface area contributed by atoms with Crippen molar-refractivity contribution < 1.29 is 9.53 Å². The minimum atomic E-state index is 0.152. The van der Waals surface area contributed by atoms with Crippen molar-refractivity contribution in [3.8, 4) is 0 Å². The van der Waals surface area contributed by atoms with Gasteiger partial charge in [-0.25, -0.2) is 0 Å². The highest BCUT2D eigenvalue weighted by Crippen LogP contribution is 2.28. The van der Waals surface area contributed by atoms with Gasteiger partial charge in [-0.1, -0.05) is 0 Å². The fourth-order valence-electron chi connectivity index (χ4n) is 1.44. The molecule has 1 aliphatic carbocycles. The average Bonchev–Trinajstić information content (AvgIpc) is 3.10. The van der Waals surface area contributed by atoms with Crippen molar-refractivity contribution in [2.45, 2.75) is 39.2 Å².